The number of nitrogens with one attached hydrogen (secondary N) is 1. The summed E-state index contributed by atoms with van der Waals surface area (Å²) in [6.45, 7) is 3.95. The predicted molar refractivity (Wildman–Crippen MR) is 185 cm³/mol. The van der Waals surface area contributed by atoms with E-state index in [9.17, 15) is 38.9 Å². The first-order chi connectivity index (χ1) is 24.4. The Labute approximate surface area is 294 Å². The molecule has 2 amide bonds. The number of allylic oxidation sites excluding steroid dienone is 2. The number of aromatic hydroxyl groups is 1. The number of anilines is 2. The first kappa shape index (κ1) is 36.7. The van der Waals surface area contributed by atoms with Gasteiger partial charge in [-0.1, -0.05) is 38.8 Å². The van der Waals surface area contributed by atoms with Gasteiger partial charge in [-0.2, -0.15) is 9.50 Å². The molecular weight excluding hydrogens is 713 g/mol. The molecule has 19 heteroatoms. The van der Waals surface area contributed by atoms with Crippen molar-refractivity contribution in [2.45, 2.75) is 70.2 Å². The average Bonchev–Trinajstić information content (AvgIpc) is 3.22. The van der Waals surface area contributed by atoms with Crippen molar-refractivity contribution < 1.29 is 34.1 Å². The summed E-state index contributed by atoms with van der Waals surface area (Å²) in [6, 6.07) is 1.93. The average molecular weight is 752 g/mol. The van der Waals surface area contributed by atoms with Crippen LogP contribution in [0.4, 0.5) is 30.8 Å². The Balaban J connectivity index is 1.36. The number of aryl methyl sites for hydroxylation is 1. The van der Waals surface area contributed by atoms with Crippen LogP contribution in [0.15, 0.2) is 46.4 Å². The monoisotopic (exact) mass is 751 g/mol. The molecule has 0 radical (unpaired) electrons. The molecule has 0 saturated carbocycles. The molecule has 3 aromatic heterocycles. The summed E-state index contributed by atoms with van der Waals surface area (Å²) >= 11 is 0. The molecule has 1 aliphatic heterocycles. The molecule has 6 rings (SSSR count). The smallest absolute Gasteiger partial charge is 0.310 e. The predicted octanol–water partition coefficient (Wildman–Crippen LogP) is 6.25. The third kappa shape index (κ3) is 7.58. The van der Waals surface area contributed by atoms with Crippen LogP contribution < -0.4 is 15.8 Å². The lowest BCUT2D eigenvalue weighted by Gasteiger charge is -2.40. The number of carbonyl (C=O) groups is 2. The van der Waals surface area contributed by atoms with Crippen molar-refractivity contribution in [3.05, 3.63) is 69.9 Å². The number of hydrogen-bond donors (Lipinski definition) is 2. The number of aromatic nitrogens is 6. The van der Waals surface area contributed by atoms with Gasteiger partial charge in [0.25, 0.3) is 11.5 Å². The molecule has 4 aromatic rings. The molecule has 0 unspecified atom stereocenters. The second-order valence-electron chi connectivity index (χ2n) is 12.8. The minimum atomic E-state index is -9.91. The highest BCUT2D eigenvalue weighted by atomic mass is 32.5. The highest BCUT2D eigenvalue weighted by Gasteiger charge is 2.65. The van der Waals surface area contributed by atoms with Crippen LogP contribution >= 0.6 is 10.2 Å². The quantitative estimate of drug-likeness (QED) is 0.199. The first-order valence-corrected chi connectivity index (χ1v) is 18.8. The fraction of sp³-hybridized carbons (Fsp3) is 0.424. The fourth-order valence-corrected chi connectivity index (χ4v) is 7.19. The first-order valence-electron chi connectivity index (χ1n) is 16.9. The number of hydrogen-bond acceptors (Lipinski definition) is 9. The van der Waals surface area contributed by atoms with Crippen molar-refractivity contribution in [1.29, 1.82) is 0 Å². The maximum Gasteiger partial charge on any atom is 0.310 e. The number of halogens is 5. The van der Waals surface area contributed by atoms with Crippen LogP contribution in [0.2, 0.25) is 0 Å². The summed E-state index contributed by atoms with van der Waals surface area (Å²) in [5, 5.41) is 17.5. The summed E-state index contributed by atoms with van der Waals surface area (Å²) in [4.78, 5) is 55.0. The van der Waals surface area contributed by atoms with Gasteiger partial charge in [0, 0.05) is 31.9 Å². The minimum Gasteiger partial charge on any atom is -0.504 e. The van der Waals surface area contributed by atoms with E-state index in [1.165, 1.54) is 15.8 Å². The molecule has 0 bridgehead atoms. The van der Waals surface area contributed by atoms with Crippen LogP contribution in [0.25, 0.3) is 11.4 Å². The van der Waals surface area contributed by atoms with Gasteiger partial charge in [-0.15, -0.1) is 5.10 Å². The van der Waals surface area contributed by atoms with Crippen LogP contribution in [0.3, 0.4) is 0 Å². The molecule has 0 spiro atoms. The van der Waals surface area contributed by atoms with E-state index in [1.807, 2.05) is 11.0 Å². The zero-order valence-corrected chi connectivity index (χ0v) is 29.3. The van der Waals surface area contributed by atoms with Gasteiger partial charge in [-0.05, 0) is 75.3 Å². The molecule has 1 saturated heterocycles. The van der Waals surface area contributed by atoms with Gasteiger partial charge in [0.15, 0.2) is 17.3 Å². The molecule has 280 valence electrons. The molecule has 2 N–H and O–H groups in total. The topological polar surface area (TPSA) is 151 Å². The third-order valence-corrected chi connectivity index (χ3v) is 10.3. The van der Waals surface area contributed by atoms with E-state index in [4.69, 9.17) is 4.98 Å². The molecule has 13 nitrogen and oxygen atoms in total. The highest BCUT2D eigenvalue weighted by Crippen LogP contribution is 3.02. The number of fused-ring (bicyclic) bond motifs is 1. The van der Waals surface area contributed by atoms with Crippen molar-refractivity contribution in [3.63, 3.8) is 0 Å². The molecule has 1 aliphatic carbocycles. The van der Waals surface area contributed by atoms with E-state index in [-0.39, 0.29) is 65.9 Å². The SMILES string of the molecule is CCc1c(N2CCCN(C(=O)c3ncnc(C)c3O)CC2)c(=O)n2nc(C3=CCCCCC3)nc2n1CC(=O)Nc1ccc(S(F)(F)(F)(F)F)cc1. The lowest BCUT2D eigenvalue weighted by molar-refractivity contribution is -0.116. The summed E-state index contributed by atoms with van der Waals surface area (Å²) in [5.41, 5.74) is 1.05. The molecule has 52 heavy (non-hydrogen) atoms. The van der Waals surface area contributed by atoms with E-state index in [0.29, 0.717) is 37.4 Å². The molecule has 4 heterocycles. The Morgan fingerprint density at radius 3 is 2.42 bits per heavy atom. The van der Waals surface area contributed by atoms with Crippen molar-refractivity contribution >= 4 is 44.8 Å². The van der Waals surface area contributed by atoms with Crippen LogP contribution in [0, 0.1) is 6.92 Å². The lowest BCUT2D eigenvalue weighted by atomic mass is 10.1. The summed E-state index contributed by atoms with van der Waals surface area (Å²) in [5.74, 6) is -1.09. The van der Waals surface area contributed by atoms with Crippen LogP contribution in [-0.4, -0.2) is 77.1 Å². The Morgan fingerprint density at radius 2 is 1.71 bits per heavy atom. The Morgan fingerprint density at radius 1 is 0.962 bits per heavy atom. The van der Waals surface area contributed by atoms with Gasteiger partial charge < -0.3 is 24.8 Å². The van der Waals surface area contributed by atoms with Crippen molar-refractivity contribution in [3.8, 4) is 5.75 Å². The van der Waals surface area contributed by atoms with Gasteiger partial charge in [-0.3, -0.25) is 14.4 Å². The standard InChI is InChI=1S/C33H38F5N9O4S/c1-3-25-28(44-15-8-16-45(18-17-44)31(50)27-29(49)21(2)39-20-40-27)32(51)47-33(42-30(43-47)22-9-6-4-5-7-10-22)46(25)19-26(48)41-23-11-13-24(14-12-23)52(34,35,36,37)38/h9,11-14,20,49H,3-8,10,15-19H2,1-2H3,(H,41,48). The summed E-state index contributed by atoms with van der Waals surface area (Å²) < 4.78 is 69.0. The molecule has 1 fully saturated rings. The van der Waals surface area contributed by atoms with E-state index >= 15 is 0 Å². The zero-order valence-electron chi connectivity index (χ0n) is 28.5. The van der Waals surface area contributed by atoms with Gasteiger partial charge in [0.1, 0.15) is 23.5 Å². The number of benzene rings is 1. The molecule has 2 aliphatic rings. The second-order valence-corrected chi connectivity index (χ2v) is 15.3. The van der Waals surface area contributed by atoms with Crippen LogP contribution in [-0.2, 0) is 17.8 Å². The third-order valence-electron chi connectivity index (χ3n) is 9.18. The zero-order chi connectivity index (χ0) is 37.5. The van der Waals surface area contributed by atoms with Crippen molar-refractivity contribution in [2.24, 2.45) is 0 Å². The Bertz CT molecular complexity index is 2140. The van der Waals surface area contributed by atoms with Crippen LogP contribution in [0.5, 0.6) is 5.75 Å². The van der Waals surface area contributed by atoms with E-state index in [0.717, 1.165) is 47.9 Å². The van der Waals surface area contributed by atoms with Gasteiger partial charge in [-0.25, -0.2) is 9.97 Å². The highest BCUT2D eigenvalue weighted by molar-refractivity contribution is 8.45. The number of rotatable bonds is 8. The van der Waals surface area contributed by atoms with Gasteiger partial charge in [0.2, 0.25) is 11.7 Å². The van der Waals surface area contributed by atoms with Crippen molar-refractivity contribution in [2.75, 3.05) is 36.4 Å². The maximum absolute atomic E-state index is 14.3. The van der Waals surface area contributed by atoms with E-state index in [1.54, 1.807) is 13.8 Å². The largest absolute Gasteiger partial charge is 0.504 e. The summed E-state index contributed by atoms with van der Waals surface area (Å²) in [7, 11) is -9.91. The maximum atomic E-state index is 14.3. The van der Waals surface area contributed by atoms with E-state index in [2.05, 4.69) is 20.4 Å². The van der Waals surface area contributed by atoms with Crippen LogP contribution in [0.1, 0.15) is 73.1 Å². The lowest BCUT2D eigenvalue weighted by Crippen LogP contribution is -2.39. The molecule has 0 atom stereocenters. The number of nitrogens with zero attached hydrogens (tertiary/aromatic N) is 8. The summed E-state index contributed by atoms with van der Waals surface area (Å²) in [6.07, 6.45) is 8.40. The fourth-order valence-electron chi connectivity index (χ4n) is 6.54. The minimum absolute atomic E-state index is 0.0818. The number of carbonyl (C=O) groups excluding carboxylic acids is 2. The normalized spacial score (nSPS) is 17.2. The van der Waals surface area contributed by atoms with Gasteiger partial charge >= 0.3 is 10.2 Å². The molecular formula is C33H38F5N9O4S. The van der Waals surface area contributed by atoms with E-state index < -0.39 is 39.0 Å². The molecule has 1 aromatic carbocycles. The van der Waals surface area contributed by atoms with Gasteiger partial charge in [0.05, 0.1) is 11.4 Å². The Hall–Kier alpha value is -5.07. The van der Waals surface area contributed by atoms with Crippen molar-refractivity contribution in [1.82, 2.24) is 34.0 Å². The number of amides is 2. The second kappa shape index (κ2) is 13.2. The Kier molecular flexibility index (Phi) is 9.29.